The van der Waals surface area contributed by atoms with E-state index in [-0.39, 0.29) is 11.4 Å². The van der Waals surface area contributed by atoms with Gasteiger partial charge in [-0.15, -0.1) is 0 Å². The predicted octanol–water partition coefficient (Wildman–Crippen LogP) is -0.00560. The summed E-state index contributed by atoms with van der Waals surface area (Å²) in [6, 6.07) is 0. The lowest BCUT2D eigenvalue weighted by Gasteiger charge is -1.91. The van der Waals surface area contributed by atoms with Gasteiger partial charge in [0.05, 0.1) is 0 Å². The molecule has 1 aromatic rings. The van der Waals surface area contributed by atoms with Crippen molar-refractivity contribution in [2.75, 3.05) is 0 Å². The summed E-state index contributed by atoms with van der Waals surface area (Å²) < 4.78 is 1.15. The van der Waals surface area contributed by atoms with E-state index in [1.807, 2.05) is 0 Å². The van der Waals surface area contributed by atoms with Crippen molar-refractivity contribution in [2.24, 2.45) is 0 Å². The molecule has 0 amide bonds. The zero-order valence-electron chi connectivity index (χ0n) is 4.98. The molecule has 1 N–H and O–H groups in total. The van der Waals surface area contributed by atoms with E-state index in [2.05, 4.69) is 0 Å². The number of carboxylic acid groups (broad SMARTS) is 1. The van der Waals surface area contributed by atoms with Crippen LogP contribution >= 0.6 is 11.3 Å². The first-order chi connectivity index (χ1) is 4.70. The number of nitrogens with zero attached hydrogens (tertiary/aromatic N) is 1. The molecule has 0 radical (unpaired) electrons. The van der Waals surface area contributed by atoms with Crippen molar-refractivity contribution < 1.29 is 9.90 Å². The second kappa shape index (κ2) is 2.66. The monoisotopic (exact) mass is 159 g/mol. The molecule has 0 fully saturated rings. The maximum absolute atomic E-state index is 10.7. The Balaban J connectivity index is 2.85. The molecule has 10 heavy (non-hydrogen) atoms. The molecule has 0 aliphatic rings. The first-order valence-electron chi connectivity index (χ1n) is 2.56. The van der Waals surface area contributed by atoms with Gasteiger partial charge >= 0.3 is 10.8 Å². The number of aliphatic carboxylic acids is 1. The normalized spacial score (nSPS) is 9.60. The first kappa shape index (κ1) is 7.01. The van der Waals surface area contributed by atoms with E-state index >= 15 is 0 Å². The summed E-state index contributed by atoms with van der Waals surface area (Å²) in [6.45, 7) is -0.248. The Morgan fingerprint density at radius 2 is 2.50 bits per heavy atom. The fraction of sp³-hybridized carbons (Fsp3) is 0.200. The largest absolute Gasteiger partial charge is 0.480 e. The second-order valence-corrected chi connectivity index (χ2v) is 2.55. The number of thiazole rings is 1. The van der Waals surface area contributed by atoms with Gasteiger partial charge in [0.15, 0.2) is 0 Å². The third kappa shape index (κ3) is 1.44. The van der Waals surface area contributed by atoms with E-state index in [0.717, 1.165) is 15.9 Å². The van der Waals surface area contributed by atoms with Gasteiger partial charge in [-0.25, -0.2) is 0 Å². The van der Waals surface area contributed by atoms with Gasteiger partial charge < -0.3 is 5.11 Å². The first-order valence-corrected chi connectivity index (χ1v) is 3.44. The fourth-order valence-corrected chi connectivity index (χ4v) is 1.14. The van der Waals surface area contributed by atoms with E-state index in [1.54, 1.807) is 5.38 Å². The van der Waals surface area contributed by atoms with Crippen LogP contribution in [0.15, 0.2) is 16.4 Å². The number of carbonyl (C=O) groups is 1. The van der Waals surface area contributed by atoms with Gasteiger partial charge in [-0.1, -0.05) is 11.3 Å². The molecule has 0 aromatic carbocycles. The molecular formula is C5H5NO3S. The highest BCUT2D eigenvalue weighted by atomic mass is 32.1. The minimum absolute atomic E-state index is 0.234. The van der Waals surface area contributed by atoms with Gasteiger partial charge in [0.1, 0.15) is 6.54 Å². The second-order valence-electron chi connectivity index (χ2n) is 1.69. The predicted molar refractivity (Wildman–Crippen MR) is 36.2 cm³/mol. The lowest BCUT2D eigenvalue weighted by atomic mass is 10.6. The Morgan fingerprint density at radius 1 is 1.80 bits per heavy atom. The Kier molecular flexibility index (Phi) is 1.86. The molecule has 0 unspecified atom stereocenters. The van der Waals surface area contributed by atoms with Gasteiger partial charge in [0.2, 0.25) is 0 Å². The minimum Gasteiger partial charge on any atom is -0.480 e. The van der Waals surface area contributed by atoms with Crippen LogP contribution in [0.2, 0.25) is 0 Å². The van der Waals surface area contributed by atoms with Crippen LogP contribution in [0.1, 0.15) is 0 Å². The Hall–Kier alpha value is -1.10. The standard InChI is InChI=1S/C5H5NO3S/c7-4(8)3-6-1-2-10-5(6)9/h1-2H,3H2,(H,7,8). The summed E-state index contributed by atoms with van der Waals surface area (Å²) >= 11 is 0.990. The number of rotatable bonds is 2. The maximum atomic E-state index is 10.7. The molecule has 0 aliphatic heterocycles. The van der Waals surface area contributed by atoms with Crippen molar-refractivity contribution in [2.45, 2.75) is 6.54 Å². The SMILES string of the molecule is O=C(O)Cn1ccsc1=O. The third-order valence-corrected chi connectivity index (χ3v) is 1.64. The van der Waals surface area contributed by atoms with Crippen LogP contribution in [-0.2, 0) is 11.3 Å². The van der Waals surface area contributed by atoms with Crippen LogP contribution in [0.3, 0.4) is 0 Å². The molecule has 0 aliphatic carbocycles. The van der Waals surface area contributed by atoms with E-state index in [0.29, 0.717) is 0 Å². The summed E-state index contributed by atoms with van der Waals surface area (Å²) in [5.41, 5.74) is 0. The Labute approximate surface area is 60.3 Å². The molecule has 0 saturated carbocycles. The maximum Gasteiger partial charge on any atom is 0.323 e. The third-order valence-electron chi connectivity index (χ3n) is 0.950. The van der Waals surface area contributed by atoms with Crippen LogP contribution in [0, 0.1) is 0 Å². The molecular weight excluding hydrogens is 154 g/mol. The van der Waals surface area contributed by atoms with Crippen molar-refractivity contribution >= 4 is 17.3 Å². The number of hydrogen-bond acceptors (Lipinski definition) is 3. The highest BCUT2D eigenvalue weighted by Gasteiger charge is 2.00. The highest BCUT2D eigenvalue weighted by molar-refractivity contribution is 7.07. The van der Waals surface area contributed by atoms with Gasteiger partial charge in [0.25, 0.3) is 0 Å². The minimum atomic E-state index is -1.000. The summed E-state index contributed by atoms with van der Waals surface area (Å²) in [6.07, 6.45) is 1.46. The molecule has 54 valence electrons. The average Bonchev–Trinajstić information content (AvgIpc) is 2.15. The smallest absolute Gasteiger partial charge is 0.323 e. The van der Waals surface area contributed by atoms with Crippen molar-refractivity contribution in [1.29, 1.82) is 0 Å². The van der Waals surface area contributed by atoms with Crippen LogP contribution in [0.25, 0.3) is 0 Å². The van der Waals surface area contributed by atoms with Gasteiger partial charge in [-0.3, -0.25) is 14.2 Å². The number of aromatic nitrogens is 1. The molecule has 0 spiro atoms. The summed E-state index contributed by atoms with van der Waals surface area (Å²) in [7, 11) is 0. The molecule has 0 saturated heterocycles. The zero-order chi connectivity index (χ0) is 7.56. The van der Waals surface area contributed by atoms with E-state index in [4.69, 9.17) is 5.11 Å². The van der Waals surface area contributed by atoms with E-state index in [9.17, 15) is 9.59 Å². The Morgan fingerprint density at radius 3 is 2.90 bits per heavy atom. The van der Waals surface area contributed by atoms with Crippen molar-refractivity contribution in [1.82, 2.24) is 4.57 Å². The van der Waals surface area contributed by atoms with Crippen LogP contribution in [-0.4, -0.2) is 15.6 Å². The molecule has 4 nitrogen and oxygen atoms in total. The van der Waals surface area contributed by atoms with Gasteiger partial charge in [-0.2, -0.15) is 0 Å². The molecule has 1 heterocycles. The lowest BCUT2D eigenvalue weighted by molar-refractivity contribution is -0.137. The fourth-order valence-electron chi connectivity index (χ4n) is 0.554. The number of hydrogen-bond donors (Lipinski definition) is 1. The quantitative estimate of drug-likeness (QED) is 0.660. The van der Waals surface area contributed by atoms with Crippen LogP contribution < -0.4 is 4.87 Å². The lowest BCUT2D eigenvalue weighted by Crippen LogP contribution is -2.17. The van der Waals surface area contributed by atoms with Gasteiger partial charge in [-0.05, 0) is 0 Å². The van der Waals surface area contributed by atoms with Crippen LogP contribution in [0.4, 0.5) is 0 Å². The number of carboxylic acids is 1. The summed E-state index contributed by atoms with van der Waals surface area (Å²) in [4.78, 5) is 20.5. The topological polar surface area (TPSA) is 59.3 Å². The summed E-state index contributed by atoms with van der Waals surface area (Å²) in [5, 5.41) is 9.82. The van der Waals surface area contributed by atoms with Crippen molar-refractivity contribution in [3.8, 4) is 0 Å². The molecule has 1 aromatic heterocycles. The van der Waals surface area contributed by atoms with E-state index < -0.39 is 5.97 Å². The van der Waals surface area contributed by atoms with E-state index in [1.165, 1.54) is 6.20 Å². The molecule has 5 heteroatoms. The summed E-state index contributed by atoms with van der Waals surface area (Å²) in [5.74, 6) is -1.000. The molecule has 0 atom stereocenters. The highest BCUT2D eigenvalue weighted by Crippen LogP contribution is 1.87. The van der Waals surface area contributed by atoms with Crippen LogP contribution in [0.5, 0.6) is 0 Å². The average molecular weight is 159 g/mol. The zero-order valence-corrected chi connectivity index (χ0v) is 5.80. The molecule has 1 rings (SSSR count). The Bertz CT molecular complexity index is 287. The van der Waals surface area contributed by atoms with Crippen molar-refractivity contribution in [3.05, 3.63) is 21.2 Å². The van der Waals surface area contributed by atoms with Gasteiger partial charge in [0, 0.05) is 11.6 Å². The molecule has 0 bridgehead atoms. The van der Waals surface area contributed by atoms with Crippen molar-refractivity contribution in [3.63, 3.8) is 0 Å².